The normalized spacial score (nSPS) is 11.7. The predicted molar refractivity (Wildman–Crippen MR) is 61.6 cm³/mol. The summed E-state index contributed by atoms with van der Waals surface area (Å²) in [6, 6.07) is 1.99. The largest absolute Gasteiger partial charge is 0.544 e. The minimum absolute atomic E-state index is 0.00655. The molecule has 0 aliphatic heterocycles. The fourth-order valence-corrected chi connectivity index (χ4v) is 2.49. The Balaban J connectivity index is 2.49. The minimum atomic E-state index is -4.64. The number of aryl methyl sites for hydroxylation is 1. The quantitative estimate of drug-likeness (QED) is 0.802. The second-order valence-corrected chi connectivity index (χ2v) is 4.91. The van der Waals surface area contributed by atoms with Crippen LogP contribution in [0.4, 0.5) is 17.6 Å². The fourth-order valence-electron chi connectivity index (χ4n) is 1.57. The molecule has 2 aromatic rings. The topological polar surface area (TPSA) is 53.0 Å². The van der Waals surface area contributed by atoms with Crippen molar-refractivity contribution >= 4 is 17.3 Å². The maximum atomic E-state index is 13.7. The smallest absolute Gasteiger partial charge is 0.416 e. The molecule has 0 unspecified atom stereocenters. The Hall–Kier alpha value is -1.96. The van der Waals surface area contributed by atoms with Gasteiger partial charge in [0.15, 0.2) is 0 Å². The van der Waals surface area contributed by atoms with Gasteiger partial charge in [-0.2, -0.15) is 13.2 Å². The van der Waals surface area contributed by atoms with Crippen LogP contribution in [-0.4, -0.2) is 11.0 Å². The summed E-state index contributed by atoms with van der Waals surface area (Å²) in [4.78, 5) is 14.4. The van der Waals surface area contributed by atoms with Crippen LogP contribution >= 0.6 is 11.3 Å². The standard InChI is InChI=1S/C12H7F4NO2S/c1-5-9(11(18)19)20-10(17-5)7-3-2-6(4-8(7)13)12(14,15)16/h2-4H,1H3,(H,18,19)/p-1. The lowest BCUT2D eigenvalue weighted by Crippen LogP contribution is -2.21. The van der Waals surface area contributed by atoms with Crippen molar-refractivity contribution in [2.75, 3.05) is 0 Å². The van der Waals surface area contributed by atoms with Gasteiger partial charge in [0.25, 0.3) is 0 Å². The van der Waals surface area contributed by atoms with Gasteiger partial charge < -0.3 is 9.90 Å². The monoisotopic (exact) mass is 304 g/mol. The summed E-state index contributed by atoms with van der Waals surface area (Å²) in [6.45, 7) is 1.40. The lowest BCUT2D eigenvalue weighted by Gasteiger charge is -2.07. The predicted octanol–water partition coefficient (Wildman–Crippen LogP) is 2.64. The van der Waals surface area contributed by atoms with E-state index in [-0.39, 0.29) is 21.1 Å². The maximum Gasteiger partial charge on any atom is 0.416 e. The number of thiazole rings is 1. The molecule has 0 saturated carbocycles. The van der Waals surface area contributed by atoms with Crippen LogP contribution in [0.2, 0.25) is 0 Å². The number of alkyl halides is 3. The molecule has 0 fully saturated rings. The van der Waals surface area contributed by atoms with Crippen molar-refractivity contribution in [3.05, 3.63) is 40.2 Å². The number of aromatic carboxylic acids is 1. The first-order valence-electron chi connectivity index (χ1n) is 5.26. The molecular formula is C12H6F4NO2S-. The fraction of sp³-hybridized carbons (Fsp3) is 0.167. The Morgan fingerprint density at radius 2 is 2.00 bits per heavy atom. The van der Waals surface area contributed by atoms with Crippen LogP contribution in [0.5, 0.6) is 0 Å². The number of rotatable bonds is 2. The van der Waals surface area contributed by atoms with Gasteiger partial charge in [-0.25, -0.2) is 9.37 Å². The first-order valence-corrected chi connectivity index (χ1v) is 6.07. The minimum Gasteiger partial charge on any atom is -0.544 e. The van der Waals surface area contributed by atoms with E-state index in [0.717, 1.165) is 6.07 Å². The highest BCUT2D eigenvalue weighted by Crippen LogP contribution is 2.34. The van der Waals surface area contributed by atoms with Crippen LogP contribution in [0.1, 0.15) is 20.9 Å². The van der Waals surface area contributed by atoms with Gasteiger partial charge in [0.05, 0.1) is 22.1 Å². The van der Waals surface area contributed by atoms with Crippen LogP contribution in [0, 0.1) is 12.7 Å². The van der Waals surface area contributed by atoms with Crippen molar-refractivity contribution in [2.45, 2.75) is 13.1 Å². The Kier molecular flexibility index (Phi) is 3.51. The lowest BCUT2D eigenvalue weighted by atomic mass is 10.1. The van der Waals surface area contributed by atoms with Crippen LogP contribution in [-0.2, 0) is 6.18 Å². The van der Waals surface area contributed by atoms with E-state index in [2.05, 4.69) is 4.98 Å². The van der Waals surface area contributed by atoms with Gasteiger partial charge in [-0.15, -0.1) is 11.3 Å². The molecule has 0 spiro atoms. The number of hydrogen-bond acceptors (Lipinski definition) is 4. The Bertz CT molecular complexity index is 679. The van der Waals surface area contributed by atoms with Gasteiger partial charge >= 0.3 is 6.18 Å². The van der Waals surface area contributed by atoms with Gasteiger partial charge in [0.1, 0.15) is 10.8 Å². The molecule has 1 aromatic heterocycles. The third kappa shape index (κ3) is 2.64. The molecule has 8 heteroatoms. The first kappa shape index (κ1) is 14.4. The molecule has 20 heavy (non-hydrogen) atoms. The number of carboxylic acids is 1. The number of benzene rings is 1. The summed E-state index contributed by atoms with van der Waals surface area (Å²) in [5.41, 5.74) is -1.17. The number of hydrogen-bond donors (Lipinski definition) is 0. The molecule has 0 aliphatic carbocycles. The molecule has 0 aliphatic rings. The molecule has 106 valence electrons. The van der Waals surface area contributed by atoms with E-state index in [1.165, 1.54) is 6.92 Å². The molecule has 0 amide bonds. The van der Waals surface area contributed by atoms with Crippen LogP contribution in [0.3, 0.4) is 0 Å². The Morgan fingerprint density at radius 3 is 2.45 bits per heavy atom. The van der Waals surface area contributed by atoms with Crippen LogP contribution < -0.4 is 5.11 Å². The maximum absolute atomic E-state index is 13.7. The molecule has 1 aromatic carbocycles. The Labute approximate surface area is 114 Å². The number of carbonyl (C=O) groups excluding carboxylic acids is 1. The highest BCUT2D eigenvalue weighted by atomic mass is 32.1. The number of nitrogens with zero attached hydrogens (tertiary/aromatic N) is 1. The van der Waals surface area contributed by atoms with Gasteiger partial charge in [0, 0.05) is 5.56 Å². The third-order valence-electron chi connectivity index (χ3n) is 2.51. The van der Waals surface area contributed by atoms with Gasteiger partial charge in [-0.05, 0) is 25.1 Å². The zero-order chi connectivity index (χ0) is 15.1. The average Bonchev–Trinajstić information content (AvgIpc) is 2.69. The van der Waals surface area contributed by atoms with E-state index in [1.54, 1.807) is 0 Å². The van der Waals surface area contributed by atoms with E-state index < -0.39 is 23.5 Å². The number of halogens is 4. The number of aromatic nitrogens is 1. The van der Waals surface area contributed by atoms with E-state index in [0.29, 0.717) is 23.5 Å². The molecule has 2 rings (SSSR count). The lowest BCUT2D eigenvalue weighted by molar-refractivity contribution is -0.254. The van der Waals surface area contributed by atoms with Crippen molar-refractivity contribution in [1.29, 1.82) is 0 Å². The average molecular weight is 304 g/mol. The molecule has 0 atom stereocenters. The van der Waals surface area contributed by atoms with Crippen LogP contribution in [0.15, 0.2) is 18.2 Å². The first-order chi connectivity index (χ1) is 9.20. The van der Waals surface area contributed by atoms with Crippen LogP contribution in [0.25, 0.3) is 10.6 Å². The molecule has 0 bridgehead atoms. The molecule has 0 N–H and O–H groups in total. The van der Waals surface area contributed by atoms with E-state index >= 15 is 0 Å². The third-order valence-corrected chi connectivity index (χ3v) is 3.68. The van der Waals surface area contributed by atoms with E-state index in [9.17, 15) is 27.5 Å². The van der Waals surface area contributed by atoms with Crippen molar-refractivity contribution < 1.29 is 27.5 Å². The number of carboxylic acid groups (broad SMARTS) is 1. The van der Waals surface area contributed by atoms with Crippen molar-refractivity contribution in [3.8, 4) is 10.6 Å². The second-order valence-electron chi connectivity index (χ2n) is 3.91. The Morgan fingerprint density at radius 1 is 1.35 bits per heavy atom. The SMILES string of the molecule is Cc1nc(-c2ccc(C(F)(F)F)cc2F)sc1C(=O)[O-]. The van der Waals surface area contributed by atoms with Gasteiger partial charge in [-0.1, -0.05) is 0 Å². The summed E-state index contributed by atoms with van der Waals surface area (Å²) in [6.07, 6.45) is -4.64. The van der Waals surface area contributed by atoms with E-state index in [4.69, 9.17) is 0 Å². The molecule has 0 radical (unpaired) electrons. The summed E-state index contributed by atoms with van der Waals surface area (Å²) in [5, 5.41) is 10.7. The molecule has 0 saturated heterocycles. The molecule has 3 nitrogen and oxygen atoms in total. The van der Waals surface area contributed by atoms with Crippen molar-refractivity contribution in [3.63, 3.8) is 0 Å². The van der Waals surface area contributed by atoms with Crippen molar-refractivity contribution in [2.24, 2.45) is 0 Å². The van der Waals surface area contributed by atoms with Gasteiger partial charge in [-0.3, -0.25) is 0 Å². The summed E-state index contributed by atoms with van der Waals surface area (Å²) < 4.78 is 50.9. The number of carbonyl (C=O) groups is 1. The molecule has 1 heterocycles. The second kappa shape index (κ2) is 4.86. The summed E-state index contributed by atoms with van der Waals surface area (Å²) >= 11 is 0.654. The van der Waals surface area contributed by atoms with E-state index in [1.807, 2.05) is 0 Å². The zero-order valence-corrected chi connectivity index (χ0v) is 10.7. The highest BCUT2D eigenvalue weighted by molar-refractivity contribution is 7.17. The van der Waals surface area contributed by atoms with Gasteiger partial charge in [0.2, 0.25) is 0 Å². The summed E-state index contributed by atoms with van der Waals surface area (Å²) in [7, 11) is 0. The summed E-state index contributed by atoms with van der Waals surface area (Å²) in [5.74, 6) is -2.57. The highest BCUT2D eigenvalue weighted by Gasteiger charge is 2.31. The van der Waals surface area contributed by atoms with Crippen molar-refractivity contribution in [1.82, 2.24) is 4.98 Å². The molecular weight excluding hydrogens is 298 g/mol. The zero-order valence-electron chi connectivity index (χ0n) is 9.92.